The Bertz CT molecular complexity index is 1040. The minimum Gasteiger partial charge on any atom is -0.481 e. The van der Waals surface area contributed by atoms with E-state index in [-0.39, 0.29) is 18.0 Å². The van der Waals surface area contributed by atoms with Crippen molar-refractivity contribution < 1.29 is 22.7 Å². The molecule has 5 nitrogen and oxygen atoms in total. The second-order valence-corrected chi connectivity index (χ2v) is 7.78. The molecule has 146 valence electrons. The van der Waals surface area contributed by atoms with Crippen LogP contribution in [0.1, 0.15) is 5.56 Å². The Morgan fingerprint density at radius 3 is 2.36 bits per heavy atom. The van der Waals surface area contributed by atoms with E-state index in [1.165, 1.54) is 30.6 Å². The van der Waals surface area contributed by atoms with E-state index >= 15 is 0 Å². The standard InChI is InChI=1S/C15H15NO4S.C6H5F/c1-2-8-21(19,20)16-7-6-14(11-16)13-5-3-4-12(9-13)10-15(17)18;7-6-4-2-1-3-5-6/h2-7,9,11H,1,8,10H2,(H,17,18);1-5H. The summed E-state index contributed by atoms with van der Waals surface area (Å²) in [6, 6.07) is 16.7. The van der Waals surface area contributed by atoms with Gasteiger partial charge in [-0.05, 0) is 29.3 Å². The predicted octanol–water partition coefficient (Wildman–Crippen LogP) is 3.97. The Hall–Kier alpha value is -3.19. The molecule has 0 unspecified atom stereocenters. The first-order valence-corrected chi connectivity index (χ1v) is 9.96. The highest BCUT2D eigenvalue weighted by atomic mass is 32.2. The van der Waals surface area contributed by atoms with Crippen molar-refractivity contribution in [3.63, 3.8) is 0 Å². The van der Waals surface area contributed by atoms with Crippen molar-refractivity contribution >= 4 is 16.0 Å². The summed E-state index contributed by atoms with van der Waals surface area (Å²) in [6.45, 7) is 3.43. The molecule has 7 heteroatoms. The SMILES string of the molecule is C=CCS(=O)(=O)n1ccc(-c2cccc(CC(=O)O)c2)c1.Fc1ccccc1. The minimum atomic E-state index is -3.42. The van der Waals surface area contributed by atoms with Crippen LogP contribution in [0, 0.1) is 5.82 Å². The molecular formula is C21H20FNO4S. The van der Waals surface area contributed by atoms with Crippen LogP contribution in [-0.2, 0) is 21.2 Å². The van der Waals surface area contributed by atoms with Crippen molar-refractivity contribution in [2.45, 2.75) is 6.42 Å². The maximum absolute atomic E-state index is 11.9. The molecule has 0 saturated carbocycles. The van der Waals surface area contributed by atoms with E-state index in [4.69, 9.17) is 5.11 Å². The molecule has 2 aromatic carbocycles. The van der Waals surface area contributed by atoms with Crippen molar-refractivity contribution in [1.29, 1.82) is 0 Å². The van der Waals surface area contributed by atoms with E-state index < -0.39 is 16.0 Å². The normalized spacial score (nSPS) is 10.6. The number of benzene rings is 2. The smallest absolute Gasteiger partial charge is 0.307 e. The van der Waals surface area contributed by atoms with Crippen molar-refractivity contribution in [2.75, 3.05) is 5.75 Å². The number of carbonyl (C=O) groups is 1. The summed E-state index contributed by atoms with van der Waals surface area (Å²) in [4.78, 5) is 10.7. The van der Waals surface area contributed by atoms with Gasteiger partial charge in [-0.15, -0.1) is 6.58 Å². The Labute approximate surface area is 163 Å². The Morgan fingerprint density at radius 1 is 1.07 bits per heavy atom. The lowest BCUT2D eigenvalue weighted by molar-refractivity contribution is -0.136. The number of nitrogens with zero attached hydrogens (tertiary/aromatic N) is 1. The van der Waals surface area contributed by atoms with Crippen LogP contribution in [0.5, 0.6) is 0 Å². The van der Waals surface area contributed by atoms with Crippen LogP contribution in [0.2, 0.25) is 0 Å². The first kappa shape index (κ1) is 21.1. The van der Waals surface area contributed by atoms with Crippen molar-refractivity contribution in [2.24, 2.45) is 0 Å². The van der Waals surface area contributed by atoms with Crippen LogP contribution in [0.15, 0.2) is 85.7 Å². The monoisotopic (exact) mass is 401 g/mol. The van der Waals surface area contributed by atoms with Crippen molar-refractivity contribution in [3.05, 3.63) is 97.1 Å². The quantitative estimate of drug-likeness (QED) is 0.634. The molecule has 1 N–H and O–H groups in total. The molecule has 0 amide bonds. The number of rotatable bonds is 6. The van der Waals surface area contributed by atoms with Gasteiger partial charge in [0.05, 0.1) is 12.2 Å². The molecule has 3 aromatic rings. The molecule has 0 bridgehead atoms. The highest BCUT2D eigenvalue weighted by molar-refractivity contribution is 7.90. The number of hydrogen-bond donors (Lipinski definition) is 1. The molecule has 0 saturated heterocycles. The van der Waals surface area contributed by atoms with E-state index in [1.807, 2.05) is 6.07 Å². The molecule has 0 aliphatic rings. The zero-order valence-corrected chi connectivity index (χ0v) is 15.8. The fraction of sp³-hybridized carbons (Fsp3) is 0.0952. The number of carboxylic acids is 1. The molecule has 0 atom stereocenters. The predicted molar refractivity (Wildman–Crippen MR) is 107 cm³/mol. The summed E-state index contributed by atoms with van der Waals surface area (Å²) in [7, 11) is -3.42. The van der Waals surface area contributed by atoms with E-state index in [9.17, 15) is 17.6 Å². The first-order valence-electron chi connectivity index (χ1n) is 8.35. The van der Waals surface area contributed by atoms with Gasteiger partial charge in [0, 0.05) is 18.0 Å². The maximum Gasteiger partial charge on any atom is 0.307 e. The van der Waals surface area contributed by atoms with Crippen LogP contribution < -0.4 is 0 Å². The van der Waals surface area contributed by atoms with Crippen LogP contribution in [0.4, 0.5) is 4.39 Å². The second kappa shape index (κ2) is 9.66. The van der Waals surface area contributed by atoms with Gasteiger partial charge >= 0.3 is 5.97 Å². The lowest BCUT2D eigenvalue weighted by Gasteiger charge is -2.03. The maximum atomic E-state index is 11.9. The summed E-state index contributed by atoms with van der Waals surface area (Å²) in [5.74, 6) is -1.22. The number of aromatic nitrogens is 1. The zero-order valence-electron chi connectivity index (χ0n) is 15.0. The third-order valence-electron chi connectivity index (χ3n) is 3.67. The lowest BCUT2D eigenvalue weighted by atomic mass is 10.0. The summed E-state index contributed by atoms with van der Waals surface area (Å²) in [5, 5.41) is 8.81. The Morgan fingerprint density at radius 2 is 1.79 bits per heavy atom. The molecule has 28 heavy (non-hydrogen) atoms. The van der Waals surface area contributed by atoms with Gasteiger partial charge in [-0.3, -0.25) is 8.77 Å². The van der Waals surface area contributed by atoms with Gasteiger partial charge in [-0.25, -0.2) is 12.8 Å². The van der Waals surface area contributed by atoms with Gasteiger partial charge in [0.15, 0.2) is 0 Å². The number of carboxylic acid groups (broad SMARTS) is 1. The van der Waals surface area contributed by atoms with Crippen LogP contribution in [-0.4, -0.2) is 29.2 Å². The van der Waals surface area contributed by atoms with E-state index in [0.717, 1.165) is 15.1 Å². The summed E-state index contributed by atoms with van der Waals surface area (Å²) in [6.07, 6.45) is 4.25. The van der Waals surface area contributed by atoms with Crippen molar-refractivity contribution in [3.8, 4) is 11.1 Å². The average molecular weight is 401 g/mol. The lowest BCUT2D eigenvalue weighted by Crippen LogP contribution is -2.12. The fourth-order valence-corrected chi connectivity index (χ4v) is 3.40. The van der Waals surface area contributed by atoms with Gasteiger partial charge in [0.25, 0.3) is 0 Å². The first-order chi connectivity index (χ1) is 13.3. The third-order valence-corrected chi connectivity index (χ3v) is 5.19. The average Bonchev–Trinajstić information content (AvgIpc) is 3.14. The van der Waals surface area contributed by atoms with E-state index in [0.29, 0.717) is 5.56 Å². The van der Waals surface area contributed by atoms with Gasteiger partial charge < -0.3 is 5.11 Å². The summed E-state index contributed by atoms with van der Waals surface area (Å²) in [5.41, 5.74) is 2.16. The van der Waals surface area contributed by atoms with Gasteiger partial charge in [-0.1, -0.05) is 48.5 Å². The fourth-order valence-electron chi connectivity index (χ4n) is 2.41. The topological polar surface area (TPSA) is 76.4 Å². The van der Waals surface area contributed by atoms with Crippen LogP contribution in [0.25, 0.3) is 11.1 Å². The molecular weight excluding hydrogens is 381 g/mol. The molecule has 0 radical (unpaired) electrons. The highest BCUT2D eigenvalue weighted by Gasteiger charge is 2.12. The minimum absolute atomic E-state index is 0.0662. The van der Waals surface area contributed by atoms with E-state index in [1.54, 1.807) is 42.5 Å². The van der Waals surface area contributed by atoms with Gasteiger partial charge in [0.1, 0.15) is 5.82 Å². The largest absolute Gasteiger partial charge is 0.481 e. The summed E-state index contributed by atoms with van der Waals surface area (Å²) < 4.78 is 36.9. The Balaban J connectivity index is 0.000000336. The molecule has 0 fully saturated rings. The molecule has 1 heterocycles. The van der Waals surface area contributed by atoms with E-state index in [2.05, 4.69) is 6.58 Å². The van der Waals surface area contributed by atoms with Crippen LogP contribution in [0.3, 0.4) is 0 Å². The van der Waals surface area contributed by atoms with Crippen molar-refractivity contribution in [1.82, 2.24) is 3.97 Å². The van der Waals surface area contributed by atoms with Crippen LogP contribution >= 0.6 is 0 Å². The third kappa shape index (κ3) is 6.21. The number of aliphatic carboxylic acids is 1. The molecule has 0 aliphatic carbocycles. The molecule has 3 rings (SSSR count). The zero-order chi connectivity index (χ0) is 20.6. The molecule has 0 aliphatic heterocycles. The number of halogens is 1. The molecule has 0 spiro atoms. The highest BCUT2D eigenvalue weighted by Crippen LogP contribution is 2.22. The Kier molecular flexibility index (Phi) is 7.28. The molecule has 1 aromatic heterocycles. The second-order valence-electron chi connectivity index (χ2n) is 5.86. The summed E-state index contributed by atoms with van der Waals surface area (Å²) >= 11 is 0. The van der Waals surface area contributed by atoms with Gasteiger partial charge in [0.2, 0.25) is 10.0 Å². The number of hydrogen-bond acceptors (Lipinski definition) is 3. The van der Waals surface area contributed by atoms with Gasteiger partial charge in [-0.2, -0.15) is 0 Å².